The summed E-state index contributed by atoms with van der Waals surface area (Å²) in [6.45, 7) is 1.71. The third kappa shape index (κ3) is 3.58. The number of aryl methyl sites for hydroxylation is 1. The first-order chi connectivity index (χ1) is 12.8. The maximum absolute atomic E-state index is 12.4. The van der Waals surface area contributed by atoms with E-state index in [0.29, 0.717) is 16.1 Å². The van der Waals surface area contributed by atoms with E-state index in [2.05, 4.69) is 0 Å². The van der Waals surface area contributed by atoms with Gasteiger partial charge in [-0.2, -0.15) is 0 Å². The Bertz CT molecular complexity index is 1180. The molecule has 1 heterocycles. The minimum absolute atomic E-state index is 0.110. The molecule has 0 unspecified atom stereocenters. The van der Waals surface area contributed by atoms with Crippen molar-refractivity contribution in [3.63, 3.8) is 0 Å². The van der Waals surface area contributed by atoms with Gasteiger partial charge in [0.25, 0.3) is 5.69 Å². The van der Waals surface area contributed by atoms with E-state index < -0.39 is 27.6 Å². The SMILES string of the molecule is Cc1cc2oc(=O)c(C(=O)/C=C/c3cccc([N+](=O)[O-])c3)c(O)c2cc1Cl. The summed E-state index contributed by atoms with van der Waals surface area (Å²) in [5.74, 6) is -1.33. The highest BCUT2D eigenvalue weighted by Crippen LogP contribution is 2.31. The number of aromatic hydroxyl groups is 1. The number of fused-ring (bicyclic) bond motifs is 1. The van der Waals surface area contributed by atoms with Crippen molar-refractivity contribution in [2.45, 2.75) is 6.92 Å². The minimum Gasteiger partial charge on any atom is -0.506 e. The van der Waals surface area contributed by atoms with Gasteiger partial charge in [-0.1, -0.05) is 29.8 Å². The molecule has 0 aliphatic carbocycles. The fraction of sp³-hybridized carbons (Fsp3) is 0.0526. The number of ketones is 1. The van der Waals surface area contributed by atoms with Crippen LogP contribution in [0, 0.1) is 17.0 Å². The van der Waals surface area contributed by atoms with Gasteiger partial charge in [-0.3, -0.25) is 14.9 Å². The summed E-state index contributed by atoms with van der Waals surface area (Å²) in [6, 6.07) is 8.51. The lowest BCUT2D eigenvalue weighted by Crippen LogP contribution is -2.12. The predicted molar refractivity (Wildman–Crippen MR) is 100 cm³/mol. The number of benzene rings is 2. The van der Waals surface area contributed by atoms with Crippen molar-refractivity contribution in [2.75, 3.05) is 0 Å². The number of nitro groups is 1. The van der Waals surface area contributed by atoms with E-state index in [-0.39, 0.29) is 16.7 Å². The Morgan fingerprint density at radius 3 is 2.74 bits per heavy atom. The second-order valence-electron chi connectivity index (χ2n) is 5.76. The first kappa shape index (κ1) is 18.3. The second kappa shape index (κ2) is 7.05. The Balaban J connectivity index is 2.03. The van der Waals surface area contributed by atoms with Gasteiger partial charge in [0.1, 0.15) is 16.9 Å². The molecule has 2 aromatic carbocycles. The van der Waals surface area contributed by atoms with E-state index in [0.717, 1.165) is 6.08 Å². The molecule has 0 bridgehead atoms. The van der Waals surface area contributed by atoms with Gasteiger partial charge < -0.3 is 9.52 Å². The molecule has 0 spiro atoms. The fourth-order valence-electron chi connectivity index (χ4n) is 2.52. The lowest BCUT2D eigenvalue weighted by molar-refractivity contribution is -0.384. The number of halogens is 1. The molecule has 7 nitrogen and oxygen atoms in total. The Morgan fingerprint density at radius 1 is 1.30 bits per heavy atom. The highest BCUT2D eigenvalue weighted by atomic mass is 35.5. The topological polar surface area (TPSA) is 111 Å². The van der Waals surface area contributed by atoms with Crippen LogP contribution in [0.15, 0.2) is 51.7 Å². The summed E-state index contributed by atoms with van der Waals surface area (Å²) in [7, 11) is 0. The molecule has 0 fully saturated rings. The van der Waals surface area contributed by atoms with Crippen molar-refractivity contribution in [1.82, 2.24) is 0 Å². The molecule has 0 atom stereocenters. The van der Waals surface area contributed by atoms with Crippen molar-refractivity contribution >= 4 is 40.1 Å². The third-order valence-electron chi connectivity index (χ3n) is 3.91. The number of carbonyl (C=O) groups is 1. The molecule has 0 aliphatic heterocycles. The quantitative estimate of drug-likeness (QED) is 0.236. The number of hydrogen-bond donors (Lipinski definition) is 1. The normalized spacial score (nSPS) is 11.2. The number of hydrogen-bond acceptors (Lipinski definition) is 6. The van der Waals surface area contributed by atoms with Gasteiger partial charge in [-0.15, -0.1) is 0 Å². The number of rotatable bonds is 4. The Hall–Kier alpha value is -3.45. The Kier molecular flexibility index (Phi) is 4.79. The molecule has 8 heteroatoms. The highest BCUT2D eigenvalue weighted by molar-refractivity contribution is 6.32. The van der Waals surface area contributed by atoms with Gasteiger partial charge >= 0.3 is 5.63 Å². The monoisotopic (exact) mass is 385 g/mol. The van der Waals surface area contributed by atoms with Crippen LogP contribution in [0.2, 0.25) is 5.02 Å². The molecule has 0 aliphatic rings. The first-order valence-electron chi connectivity index (χ1n) is 7.70. The van der Waals surface area contributed by atoms with Crippen LogP contribution >= 0.6 is 11.6 Å². The first-order valence-corrected chi connectivity index (χ1v) is 8.08. The zero-order valence-electron chi connectivity index (χ0n) is 13.9. The molecule has 1 N–H and O–H groups in total. The van der Waals surface area contributed by atoms with Gasteiger partial charge in [0.15, 0.2) is 5.78 Å². The maximum Gasteiger partial charge on any atom is 0.351 e. The zero-order chi connectivity index (χ0) is 19.7. The molecule has 0 saturated heterocycles. The third-order valence-corrected chi connectivity index (χ3v) is 4.32. The van der Waals surface area contributed by atoms with Crippen molar-refractivity contribution < 1.29 is 19.2 Å². The molecule has 3 rings (SSSR count). The maximum atomic E-state index is 12.4. The smallest absolute Gasteiger partial charge is 0.351 e. The molecule has 0 radical (unpaired) electrons. The predicted octanol–water partition coefficient (Wildman–Crippen LogP) is 4.26. The molecule has 1 aromatic heterocycles. The van der Waals surface area contributed by atoms with Crippen LogP contribution in [-0.2, 0) is 0 Å². The van der Waals surface area contributed by atoms with E-state index in [1.807, 2.05) is 0 Å². The highest BCUT2D eigenvalue weighted by Gasteiger charge is 2.20. The van der Waals surface area contributed by atoms with Crippen molar-refractivity contribution in [2.24, 2.45) is 0 Å². The number of nitrogens with zero attached hydrogens (tertiary/aromatic N) is 1. The number of allylic oxidation sites excluding steroid dienone is 1. The molecule has 3 aromatic rings. The molecule has 27 heavy (non-hydrogen) atoms. The fourth-order valence-corrected chi connectivity index (χ4v) is 2.68. The summed E-state index contributed by atoms with van der Waals surface area (Å²) in [5, 5.41) is 21.6. The minimum atomic E-state index is -0.990. The largest absolute Gasteiger partial charge is 0.506 e. The van der Waals surface area contributed by atoms with Crippen molar-refractivity contribution in [3.8, 4) is 5.75 Å². The van der Waals surface area contributed by atoms with Crippen LogP contribution in [0.25, 0.3) is 17.0 Å². The van der Waals surface area contributed by atoms with E-state index >= 15 is 0 Å². The lowest BCUT2D eigenvalue weighted by Gasteiger charge is -2.06. The number of non-ortho nitro benzene ring substituents is 1. The molecular weight excluding hydrogens is 374 g/mol. The second-order valence-corrected chi connectivity index (χ2v) is 6.17. The molecule has 136 valence electrons. The van der Waals surface area contributed by atoms with Crippen LogP contribution in [0.4, 0.5) is 5.69 Å². The molecule has 0 amide bonds. The van der Waals surface area contributed by atoms with Gasteiger partial charge in [0, 0.05) is 17.2 Å². The summed E-state index contributed by atoms with van der Waals surface area (Å²) in [4.78, 5) is 34.8. The molecule has 0 saturated carbocycles. The standard InChI is InChI=1S/C19H12ClNO6/c1-10-7-16-13(9-14(10)20)18(23)17(19(24)27-16)15(22)6-5-11-3-2-4-12(8-11)21(25)26/h2-9,23H,1H3/b6-5+. The van der Waals surface area contributed by atoms with Gasteiger partial charge in [-0.25, -0.2) is 4.79 Å². The van der Waals surface area contributed by atoms with E-state index in [9.17, 15) is 24.8 Å². The van der Waals surface area contributed by atoms with E-state index in [1.165, 1.54) is 36.4 Å². The zero-order valence-corrected chi connectivity index (χ0v) is 14.7. The summed E-state index contributed by atoms with van der Waals surface area (Å²) in [6.07, 6.45) is 2.34. The summed E-state index contributed by atoms with van der Waals surface area (Å²) < 4.78 is 5.11. The summed E-state index contributed by atoms with van der Waals surface area (Å²) in [5.41, 5.74) is -0.516. The van der Waals surface area contributed by atoms with Gasteiger partial charge in [0.05, 0.1) is 10.3 Å². The summed E-state index contributed by atoms with van der Waals surface area (Å²) >= 11 is 6.03. The Labute approximate surface area is 157 Å². The van der Waals surface area contributed by atoms with Crippen LogP contribution in [-0.4, -0.2) is 15.8 Å². The average Bonchev–Trinajstić information content (AvgIpc) is 2.62. The van der Waals surface area contributed by atoms with Crippen LogP contribution < -0.4 is 5.63 Å². The van der Waals surface area contributed by atoms with Crippen LogP contribution in [0.1, 0.15) is 21.5 Å². The Morgan fingerprint density at radius 2 is 2.04 bits per heavy atom. The van der Waals surface area contributed by atoms with E-state index in [1.54, 1.807) is 13.0 Å². The van der Waals surface area contributed by atoms with Crippen molar-refractivity contribution in [1.29, 1.82) is 0 Å². The lowest BCUT2D eigenvalue weighted by atomic mass is 10.1. The number of carbonyl (C=O) groups excluding carboxylic acids is 1. The molecular formula is C19H12ClNO6. The van der Waals surface area contributed by atoms with Crippen LogP contribution in [0.5, 0.6) is 5.75 Å². The average molecular weight is 386 g/mol. The van der Waals surface area contributed by atoms with Crippen molar-refractivity contribution in [3.05, 3.63) is 84.7 Å². The number of nitro benzene ring substituents is 1. The van der Waals surface area contributed by atoms with Gasteiger partial charge in [-0.05, 0) is 36.3 Å². The van der Waals surface area contributed by atoms with Gasteiger partial charge in [0.2, 0.25) is 0 Å². The van der Waals surface area contributed by atoms with E-state index in [4.69, 9.17) is 16.0 Å². The van der Waals surface area contributed by atoms with Crippen LogP contribution in [0.3, 0.4) is 0 Å².